The fourth-order valence-electron chi connectivity index (χ4n) is 1.94. The molecule has 0 fully saturated rings. The maximum absolute atomic E-state index is 4.15. The summed E-state index contributed by atoms with van der Waals surface area (Å²) in [6, 6.07) is 6.74. The van der Waals surface area contributed by atoms with E-state index in [1.807, 2.05) is 6.08 Å². The lowest BCUT2D eigenvalue weighted by atomic mass is 9.95. The average molecular weight is 214 g/mol. The Balaban J connectivity index is 2.89. The van der Waals surface area contributed by atoms with Gasteiger partial charge in [0.25, 0.3) is 0 Å². The Hall–Kier alpha value is -1.30. The van der Waals surface area contributed by atoms with Gasteiger partial charge in [-0.1, -0.05) is 44.7 Å². The first kappa shape index (κ1) is 12.8. The van der Waals surface area contributed by atoms with Crippen LogP contribution in [0.1, 0.15) is 43.4 Å². The fraction of sp³-hybridized carbons (Fsp3) is 0.375. The van der Waals surface area contributed by atoms with Crippen molar-refractivity contribution in [3.05, 3.63) is 54.1 Å². The summed E-state index contributed by atoms with van der Waals surface area (Å²) in [6.07, 6.45) is 6.19. The SMILES string of the molecule is C=CCCC(=C)c1ccc(CC)c(CC)c1. The van der Waals surface area contributed by atoms with Crippen LogP contribution in [0.5, 0.6) is 0 Å². The molecule has 0 N–H and O–H groups in total. The predicted octanol–water partition coefficient (Wildman–Crippen LogP) is 4.79. The number of hydrogen-bond acceptors (Lipinski definition) is 0. The van der Waals surface area contributed by atoms with E-state index in [1.54, 1.807) is 0 Å². The highest BCUT2D eigenvalue weighted by atomic mass is 14.1. The van der Waals surface area contributed by atoms with Crippen molar-refractivity contribution in [3.63, 3.8) is 0 Å². The zero-order valence-electron chi connectivity index (χ0n) is 10.6. The zero-order valence-corrected chi connectivity index (χ0v) is 10.6. The molecule has 0 heterocycles. The highest BCUT2D eigenvalue weighted by molar-refractivity contribution is 5.64. The number of aryl methyl sites for hydroxylation is 2. The Labute approximate surface area is 99.7 Å². The maximum atomic E-state index is 4.15. The minimum absolute atomic E-state index is 1.01. The van der Waals surface area contributed by atoms with Crippen molar-refractivity contribution >= 4 is 5.57 Å². The molecule has 0 nitrogen and oxygen atoms in total. The monoisotopic (exact) mass is 214 g/mol. The first-order valence-electron chi connectivity index (χ1n) is 6.13. The summed E-state index contributed by atoms with van der Waals surface area (Å²) in [5.74, 6) is 0. The topological polar surface area (TPSA) is 0 Å². The molecule has 0 amide bonds. The van der Waals surface area contributed by atoms with Gasteiger partial charge >= 0.3 is 0 Å². The van der Waals surface area contributed by atoms with Crippen LogP contribution in [0.4, 0.5) is 0 Å². The van der Waals surface area contributed by atoms with Crippen LogP contribution in [0.25, 0.3) is 5.57 Å². The molecule has 0 spiro atoms. The van der Waals surface area contributed by atoms with E-state index in [9.17, 15) is 0 Å². The number of allylic oxidation sites excluding steroid dienone is 2. The van der Waals surface area contributed by atoms with Crippen LogP contribution in [0.3, 0.4) is 0 Å². The molecule has 1 aromatic rings. The first-order valence-corrected chi connectivity index (χ1v) is 6.13. The standard InChI is InChI=1S/C16H22/c1-5-8-9-13(4)16-11-10-14(6-2)15(7-3)12-16/h5,10-12H,1,4,6-9H2,2-3H3. The van der Waals surface area contributed by atoms with Gasteiger partial charge in [0.15, 0.2) is 0 Å². The molecule has 16 heavy (non-hydrogen) atoms. The smallest absolute Gasteiger partial charge is 0.0227 e. The van der Waals surface area contributed by atoms with E-state index in [2.05, 4.69) is 45.2 Å². The molecular formula is C16H22. The number of rotatable bonds is 6. The second-order valence-electron chi connectivity index (χ2n) is 4.12. The minimum atomic E-state index is 1.01. The third-order valence-corrected chi connectivity index (χ3v) is 3.03. The molecule has 1 rings (SSSR count). The van der Waals surface area contributed by atoms with E-state index in [1.165, 1.54) is 22.3 Å². The lowest BCUT2D eigenvalue weighted by molar-refractivity contribution is 1.03. The summed E-state index contributed by atoms with van der Waals surface area (Å²) in [5, 5.41) is 0. The molecular weight excluding hydrogens is 192 g/mol. The fourth-order valence-corrected chi connectivity index (χ4v) is 1.94. The third-order valence-electron chi connectivity index (χ3n) is 3.03. The Morgan fingerprint density at radius 1 is 1.19 bits per heavy atom. The van der Waals surface area contributed by atoms with Gasteiger partial charge in [0.2, 0.25) is 0 Å². The van der Waals surface area contributed by atoms with Gasteiger partial charge in [-0.25, -0.2) is 0 Å². The molecule has 86 valence electrons. The van der Waals surface area contributed by atoms with Crippen molar-refractivity contribution in [1.82, 2.24) is 0 Å². The van der Waals surface area contributed by atoms with Crippen LogP contribution in [-0.2, 0) is 12.8 Å². The van der Waals surface area contributed by atoms with Gasteiger partial charge in [-0.2, -0.15) is 0 Å². The van der Waals surface area contributed by atoms with E-state index >= 15 is 0 Å². The summed E-state index contributed by atoms with van der Waals surface area (Å²) in [5.41, 5.74) is 5.43. The van der Waals surface area contributed by atoms with Crippen LogP contribution >= 0.6 is 0 Å². The van der Waals surface area contributed by atoms with Crippen LogP contribution in [-0.4, -0.2) is 0 Å². The third kappa shape index (κ3) is 3.10. The zero-order chi connectivity index (χ0) is 12.0. The summed E-state index contributed by atoms with van der Waals surface area (Å²) >= 11 is 0. The molecule has 0 saturated carbocycles. The quantitative estimate of drug-likeness (QED) is 0.597. The molecule has 0 aromatic heterocycles. The lowest BCUT2D eigenvalue weighted by Crippen LogP contribution is -1.93. The van der Waals surface area contributed by atoms with Gasteiger partial charge in [0, 0.05) is 0 Å². The highest BCUT2D eigenvalue weighted by Gasteiger charge is 2.03. The molecule has 1 aromatic carbocycles. The highest BCUT2D eigenvalue weighted by Crippen LogP contribution is 2.22. The molecule has 0 bridgehead atoms. The van der Waals surface area contributed by atoms with Crippen molar-refractivity contribution in [2.24, 2.45) is 0 Å². The van der Waals surface area contributed by atoms with Crippen LogP contribution in [0.2, 0.25) is 0 Å². The first-order chi connectivity index (χ1) is 7.72. The normalized spacial score (nSPS) is 10.1. The minimum Gasteiger partial charge on any atom is -0.103 e. The van der Waals surface area contributed by atoms with Gasteiger partial charge in [-0.15, -0.1) is 6.58 Å². The summed E-state index contributed by atoms with van der Waals surface area (Å²) in [6.45, 7) is 12.3. The Kier molecular flexibility index (Phi) is 5.04. The lowest BCUT2D eigenvalue weighted by Gasteiger charge is -2.10. The van der Waals surface area contributed by atoms with E-state index < -0.39 is 0 Å². The summed E-state index contributed by atoms with van der Waals surface area (Å²) in [7, 11) is 0. The van der Waals surface area contributed by atoms with Gasteiger partial charge < -0.3 is 0 Å². The van der Waals surface area contributed by atoms with Crippen LogP contribution in [0.15, 0.2) is 37.4 Å². The van der Waals surface area contributed by atoms with Crippen molar-refractivity contribution in [1.29, 1.82) is 0 Å². The summed E-state index contributed by atoms with van der Waals surface area (Å²) in [4.78, 5) is 0. The molecule has 0 atom stereocenters. The van der Waals surface area contributed by atoms with Crippen LogP contribution < -0.4 is 0 Å². The number of benzene rings is 1. The predicted molar refractivity (Wildman–Crippen MR) is 73.7 cm³/mol. The molecule has 0 unspecified atom stereocenters. The van der Waals surface area contributed by atoms with E-state index in [0.717, 1.165) is 25.7 Å². The van der Waals surface area contributed by atoms with E-state index in [-0.39, 0.29) is 0 Å². The average Bonchev–Trinajstić information content (AvgIpc) is 2.34. The molecule has 0 aliphatic carbocycles. The molecule has 0 saturated heterocycles. The van der Waals surface area contributed by atoms with Gasteiger partial charge in [0.1, 0.15) is 0 Å². The molecule has 0 aliphatic rings. The van der Waals surface area contributed by atoms with Crippen molar-refractivity contribution < 1.29 is 0 Å². The Bertz CT molecular complexity index is 372. The van der Waals surface area contributed by atoms with E-state index in [4.69, 9.17) is 0 Å². The van der Waals surface area contributed by atoms with Crippen molar-refractivity contribution in [2.75, 3.05) is 0 Å². The van der Waals surface area contributed by atoms with Gasteiger partial charge in [-0.05, 0) is 47.9 Å². The number of hydrogen-bond donors (Lipinski definition) is 0. The Morgan fingerprint density at radius 2 is 1.88 bits per heavy atom. The van der Waals surface area contributed by atoms with Crippen LogP contribution in [0, 0.1) is 0 Å². The Morgan fingerprint density at radius 3 is 2.44 bits per heavy atom. The second kappa shape index (κ2) is 6.32. The summed E-state index contributed by atoms with van der Waals surface area (Å²) < 4.78 is 0. The van der Waals surface area contributed by atoms with Crippen molar-refractivity contribution in [3.8, 4) is 0 Å². The molecule has 0 aliphatic heterocycles. The van der Waals surface area contributed by atoms with Crippen molar-refractivity contribution in [2.45, 2.75) is 39.5 Å². The van der Waals surface area contributed by atoms with Gasteiger partial charge in [-0.3, -0.25) is 0 Å². The molecule has 0 heteroatoms. The largest absolute Gasteiger partial charge is 0.103 e. The van der Waals surface area contributed by atoms with Gasteiger partial charge in [0.05, 0.1) is 0 Å². The maximum Gasteiger partial charge on any atom is -0.0227 e. The van der Waals surface area contributed by atoms with E-state index in [0.29, 0.717) is 0 Å². The molecule has 0 radical (unpaired) electrons. The second-order valence-corrected chi connectivity index (χ2v) is 4.12.